The van der Waals surface area contributed by atoms with Crippen LogP contribution in [0.15, 0.2) is 30.3 Å². The van der Waals surface area contributed by atoms with Crippen LogP contribution in [0.3, 0.4) is 0 Å². The van der Waals surface area contributed by atoms with Crippen LogP contribution in [-0.4, -0.2) is 82.7 Å². The minimum absolute atomic E-state index is 0.0425. The van der Waals surface area contributed by atoms with Crippen LogP contribution in [0.4, 0.5) is 0 Å². The van der Waals surface area contributed by atoms with E-state index in [0.29, 0.717) is 6.04 Å². The number of aliphatic hydroxyl groups is 1. The maximum Gasteiger partial charge on any atom is 0.253 e. The Morgan fingerprint density at radius 2 is 1.96 bits per heavy atom. The van der Waals surface area contributed by atoms with Gasteiger partial charge in [0, 0.05) is 44.3 Å². The second-order valence-corrected chi connectivity index (χ2v) is 7.28. The van der Waals surface area contributed by atoms with Crippen molar-refractivity contribution in [3.63, 3.8) is 0 Å². The van der Waals surface area contributed by atoms with Gasteiger partial charge in [-0.25, -0.2) is 0 Å². The molecule has 3 saturated heterocycles. The van der Waals surface area contributed by atoms with E-state index in [-0.39, 0.29) is 17.6 Å². The first-order chi connectivity index (χ1) is 11.1. The number of aliphatic hydroxyl groups excluding tert-OH is 1. The minimum Gasteiger partial charge on any atom is -0.392 e. The van der Waals surface area contributed by atoms with Gasteiger partial charge in [0.1, 0.15) is 0 Å². The number of carbonyl (C=O) groups excluding carboxylic acids is 1. The summed E-state index contributed by atoms with van der Waals surface area (Å²) < 4.78 is 0. The molecule has 0 aliphatic carbocycles. The number of likely N-dealkylation sites (N-methyl/N-ethyl adjacent to an activating group) is 1. The van der Waals surface area contributed by atoms with Crippen LogP contribution in [0.2, 0.25) is 0 Å². The van der Waals surface area contributed by atoms with Crippen molar-refractivity contribution in [1.82, 2.24) is 14.7 Å². The summed E-state index contributed by atoms with van der Waals surface area (Å²) in [4.78, 5) is 19.5. The zero-order chi connectivity index (χ0) is 16.0. The second-order valence-electron chi connectivity index (χ2n) is 7.28. The van der Waals surface area contributed by atoms with Crippen molar-refractivity contribution in [2.75, 3.05) is 39.3 Å². The number of hydrogen-bond donors (Lipinski definition) is 1. The Labute approximate surface area is 137 Å². The number of nitrogens with zero attached hydrogens (tertiary/aromatic N) is 3. The lowest BCUT2D eigenvalue weighted by molar-refractivity contribution is -0.0988. The molecular weight excluding hydrogens is 290 g/mol. The number of hydrogen-bond acceptors (Lipinski definition) is 4. The van der Waals surface area contributed by atoms with Crippen LogP contribution in [0.1, 0.15) is 23.7 Å². The van der Waals surface area contributed by atoms with Gasteiger partial charge in [-0.15, -0.1) is 0 Å². The van der Waals surface area contributed by atoms with Crippen LogP contribution in [0.25, 0.3) is 0 Å². The number of β-amino-alcohol motifs (C(OH)–C–C–N with tert-alkyl or cyclic N) is 1. The predicted molar refractivity (Wildman–Crippen MR) is 88.3 cm³/mol. The van der Waals surface area contributed by atoms with E-state index >= 15 is 0 Å². The molecule has 5 heteroatoms. The quantitative estimate of drug-likeness (QED) is 0.871. The molecule has 1 aromatic carbocycles. The highest BCUT2D eigenvalue weighted by atomic mass is 16.3. The monoisotopic (exact) mass is 315 g/mol. The highest BCUT2D eigenvalue weighted by Gasteiger charge is 2.56. The number of amides is 1. The number of carbonyl (C=O) groups is 1. The molecule has 124 valence electrons. The molecule has 3 aliphatic rings. The maximum atomic E-state index is 12.6. The van der Waals surface area contributed by atoms with Gasteiger partial charge in [-0.05, 0) is 25.1 Å². The standard InChI is InChI=1S/C18H25N3O2/c1-2-19-9-15-8-16(22)10-21(15)18(11-19)12-20(13-18)17(23)14-6-4-3-5-7-14/h3-7,15-16,22H,2,8-13H2,1H3. The van der Waals surface area contributed by atoms with Crippen LogP contribution in [0, 0.1) is 0 Å². The van der Waals surface area contributed by atoms with Crippen molar-refractivity contribution >= 4 is 5.91 Å². The van der Waals surface area contributed by atoms with Crippen molar-refractivity contribution in [2.24, 2.45) is 0 Å². The first-order valence-corrected chi connectivity index (χ1v) is 8.63. The van der Waals surface area contributed by atoms with Crippen molar-refractivity contribution in [1.29, 1.82) is 0 Å². The average Bonchev–Trinajstić information content (AvgIpc) is 2.92. The highest BCUT2D eigenvalue weighted by Crippen LogP contribution is 2.39. The fourth-order valence-corrected chi connectivity index (χ4v) is 4.61. The summed E-state index contributed by atoms with van der Waals surface area (Å²) in [6.45, 7) is 7.60. The predicted octanol–water partition coefficient (Wildman–Crippen LogP) is 0.652. The third kappa shape index (κ3) is 2.47. The van der Waals surface area contributed by atoms with Crippen molar-refractivity contribution in [2.45, 2.75) is 31.0 Å². The Bertz CT molecular complexity index is 585. The highest BCUT2D eigenvalue weighted by molar-refractivity contribution is 5.95. The number of benzene rings is 1. The lowest BCUT2D eigenvalue weighted by Gasteiger charge is -2.61. The molecule has 5 nitrogen and oxygen atoms in total. The Kier molecular flexibility index (Phi) is 3.67. The van der Waals surface area contributed by atoms with E-state index < -0.39 is 0 Å². The molecule has 0 saturated carbocycles. The van der Waals surface area contributed by atoms with Crippen molar-refractivity contribution < 1.29 is 9.90 Å². The fraction of sp³-hybridized carbons (Fsp3) is 0.611. The number of rotatable bonds is 2. The molecule has 0 bridgehead atoms. The van der Waals surface area contributed by atoms with Gasteiger partial charge in [0.05, 0.1) is 11.6 Å². The smallest absolute Gasteiger partial charge is 0.253 e. The lowest BCUT2D eigenvalue weighted by Crippen LogP contribution is -2.78. The second kappa shape index (κ2) is 5.58. The topological polar surface area (TPSA) is 47.0 Å². The summed E-state index contributed by atoms with van der Waals surface area (Å²) in [5, 5.41) is 10.1. The van der Waals surface area contributed by atoms with E-state index in [9.17, 15) is 9.90 Å². The molecule has 1 N–H and O–H groups in total. The van der Waals surface area contributed by atoms with E-state index in [1.807, 2.05) is 35.2 Å². The van der Waals surface area contributed by atoms with Crippen LogP contribution < -0.4 is 0 Å². The molecule has 2 atom stereocenters. The Hall–Kier alpha value is -1.43. The molecule has 0 radical (unpaired) electrons. The molecule has 3 heterocycles. The summed E-state index contributed by atoms with van der Waals surface area (Å²) in [5.41, 5.74) is 0.810. The number of piperazine rings is 1. The third-order valence-corrected chi connectivity index (χ3v) is 5.71. The van der Waals surface area contributed by atoms with Crippen LogP contribution in [-0.2, 0) is 0 Å². The molecule has 3 fully saturated rings. The summed E-state index contributed by atoms with van der Waals surface area (Å²) in [7, 11) is 0. The summed E-state index contributed by atoms with van der Waals surface area (Å²) in [6.07, 6.45) is 0.651. The lowest BCUT2D eigenvalue weighted by atomic mass is 9.83. The minimum atomic E-state index is -0.215. The number of likely N-dealkylation sites (tertiary alicyclic amines) is 1. The molecule has 2 unspecified atom stereocenters. The summed E-state index contributed by atoms with van der Waals surface area (Å²) in [5.74, 6) is 0.126. The van der Waals surface area contributed by atoms with E-state index in [2.05, 4.69) is 16.7 Å². The van der Waals surface area contributed by atoms with E-state index in [0.717, 1.165) is 51.3 Å². The first-order valence-electron chi connectivity index (χ1n) is 8.63. The van der Waals surface area contributed by atoms with Gasteiger partial charge in [0.25, 0.3) is 5.91 Å². The third-order valence-electron chi connectivity index (χ3n) is 5.71. The molecule has 4 rings (SSSR count). The van der Waals surface area contributed by atoms with Crippen molar-refractivity contribution in [3.05, 3.63) is 35.9 Å². The van der Waals surface area contributed by atoms with E-state index in [1.165, 1.54) is 0 Å². The van der Waals surface area contributed by atoms with Gasteiger partial charge in [0.15, 0.2) is 0 Å². The van der Waals surface area contributed by atoms with E-state index in [1.54, 1.807) is 0 Å². The summed E-state index contributed by atoms with van der Waals surface area (Å²) in [6, 6.07) is 9.96. The van der Waals surface area contributed by atoms with Gasteiger partial charge in [-0.3, -0.25) is 9.69 Å². The Balaban J connectivity index is 1.50. The molecule has 3 aliphatic heterocycles. The van der Waals surface area contributed by atoms with Crippen molar-refractivity contribution in [3.8, 4) is 0 Å². The largest absolute Gasteiger partial charge is 0.392 e. The van der Waals surface area contributed by atoms with E-state index in [4.69, 9.17) is 0 Å². The maximum absolute atomic E-state index is 12.6. The Morgan fingerprint density at radius 3 is 2.65 bits per heavy atom. The van der Waals surface area contributed by atoms with Gasteiger partial charge in [-0.1, -0.05) is 25.1 Å². The molecular formula is C18H25N3O2. The Morgan fingerprint density at radius 1 is 1.22 bits per heavy atom. The molecule has 0 aromatic heterocycles. The zero-order valence-electron chi connectivity index (χ0n) is 13.7. The average molecular weight is 315 g/mol. The molecule has 1 spiro atoms. The molecule has 1 aromatic rings. The first kappa shape index (κ1) is 15.1. The summed E-state index contributed by atoms with van der Waals surface area (Å²) >= 11 is 0. The van der Waals surface area contributed by atoms with Crippen LogP contribution >= 0.6 is 0 Å². The SMILES string of the molecule is CCN1CC2CC(O)CN2C2(C1)CN(C(=O)c1ccccc1)C2. The molecule has 1 amide bonds. The van der Waals surface area contributed by atoms with Gasteiger partial charge < -0.3 is 14.9 Å². The van der Waals surface area contributed by atoms with Gasteiger partial charge in [0.2, 0.25) is 0 Å². The normalized spacial score (nSPS) is 30.3. The molecule has 23 heavy (non-hydrogen) atoms. The fourth-order valence-electron chi connectivity index (χ4n) is 4.61. The van der Waals surface area contributed by atoms with Crippen LogP contribution in [0.5, 0.6) is 0 Å². The number of fused-ring (bicyclic) bond motifs is 2. The zero-order valence-corrected chi connectivity index (χ0v) is 13.7. The van der Waals surface area contributed by atoms with Gasteiger partial charge in [-0.2, -0.15) is 0 Å². The van der Waals surface area contributed by atoms with Gasteiger partial charge >= 0.3 is 0 Å².